The van der Waals surface area contributed by atoms with Crippen molar-refractivity contribution < 1.29 is 66.6 Å². The third-order valence-electron chi connectivity index (χ3n) is 15.2. The Morgan fingerprint density at radius 3 is 1.99 bits per heavy atom. The standard InChI is InChI=1S/C30H56N3O9P.C30H44N2O5S/c1-20(2)28(34)10-9-11-29(35)32-16-26(41-23(7)8)14-25(32)19-40-43(37,38)42-27-15-24(18-39-22(5)6)33(17-27)30(36)12-13-31-21(3)4;1-19(2)13-14-38-27-17-28(35)32(30(27)37)18-22-5-9-23(10-6-22)26(34)16-24(29(36)31-20(3)4)15-21-7-11-25(33)12-8-21/h20-27,31H,9-19H2,1-8H3,(H,37,38);7-8,11-12,19-20,22-24,27,33H,5-6,9-10,13-18H2,1-4H3,(H,31,36)/t24-,25-,26+,27?;/m0./s1. The van der Waals surface area contributed by atoms with E-state index in [9.17, 15) is 48.1 Å². The maximum Gasteiger partial charge on any atom is 0.472 e. The zero-order valence-electron chi connectivity index (χ0n) is 50.7. The average Bonchev–Trinajstić information content (AvgIpc) is 4.06. The van der Waals surface area contributed by atoms with E-state index in [0.29, 0.717) is 77.1 Å². The number of imide groups is 1. The van der Waals surface area contributed by atoms with Crippen LogP contribution in [0.3, 0.4) is 0 Å². The summed E-state index contributed by atoms with van der Waals surface area (Å²) in [6.07, 6.45) is 6.12. The number of phenolic OH excluding ortho intramolecular Hbond substituents is 1. The summed E-state index contributed by atoms with van der Waals surface area (Å²) in [6.45, 7) is 25.1. The van der Waals surface area contributed by atoms with Crippen LogP contribution in [-0.4, -0.2) is 165 Å². The molecular weight excluding hydrogens is 1080 g/mol. The molecule has 3 saturated heterocycles. The Morgan fingerprint density at radius 2 is 1.40 bits per heavy atom. The topological polar surface area (TPSA) is 248 Å². The number of rotatable bonds is 32. The molecule has 5 rings (SSSR count). The second-order valence-corrected chi connectivity index (χ2v) is 27.3. The maximum absolute atomic E-state index is 13.2. The Balaban J connectivity index is 0.000000351. The summed E-state index contributed by atoms with van der Waals surface area (Å²) in [5.74, 6) is 1.02. The zero-order chi connectivity index (χ0) is 60.1. The van der Waals surface area contributed by atoms with Crippen molar-refractivity contribution in [2.75, 3.05) is 45.1 Å². The van der Waals surface area contributed by atoms with Gasteiger partial charge in [0, 0.05) is 88.1 Å². The number of benzene rings is 1. The predicted octanol–water partition coefficient (Wildman–Crippen LogP) is 8.44. The molecule has 0 bridgehead atoms. The first-order valence-corrected chi connectivity index (χ1v) is 32.5. The molecule has 4 aliphatic rings. The van der Waals surface area contributed by atoms with Crippen LogP contribution < -0.4 is 10.6 Å². The number of thioether (sulfide) groups is 1. The minimum atomic E-state index is -4.51. The number of Topliss-reactive ketones (excluding diaryl/α,β-unsaturated/α-hetero) is 2. The number of carbonyl (C=O) groups excluding carboxylic acids is 7. The Hall–Kier alpha value is -3.75. The number of aromatic hydroxyl groups is 1. The van der Waals surface area contributed by atoms with Gasteiger partial charge in [0.2, 0.25) is 29.5 Å². The molecule has 4 N–H and O–H groups in total. The predicted molar refractivity (Wildman–Crippen MR) is 314 cm³/mol. The summed E-state index contributed by atoms with van der Waals surface area (Å²) in [4.78, 5) is 105. The zero-order valence-corrected chi connectivity index (χ0v) is 52.4. The highest BCUT2D eigenvalue weighted by atomic mass is 32.2. The second kappa shape index (κ2) is 34.3. The number of nitrogens with zero attached hydrogens (tertiary/aromatic N) is 3. The summed E-state index contributed by atoms with van der Waals surface area (Å²) >= 11 is 1.61. The van der Waals surface area contributed by atoms with Gasteiger partial charge in [-0.25, -0.2) is 4.57 Å². The number of amides is 5. The molecule has 3 heterocycles. The third-order valence-corrected chi connectivity index (χ3v) is 17.5. The summed E-state index contributed by atoms with van der Waals surface area (Å²) in [5.41, 5.74) is 0.906. The first kappa shape index (κ1) is 69.7. The van der Waals surface area contributed by atoms with Crippen LogP contribution >= 0.6 is 19.6 Å². The van der Waals surface area contributed by atoms with Crippen LogP contribution in [0.2, 0.25) is 0 Å². The highest BCUT2D eigenvalue weighted by Crippen LogP contribution is 2.47. The van der Waals surface area contributed by atoms with Crippen molar-refractivity contribution >= 4 is 60.7 Å². The molecular formula is C60H100N5O14PS. The maximum atomic E-state index is 13.2. The van der Waals surface area contributed by atoms with Gasteiger partial charge < -0.3 is 39.9 Å². The Kier molecular flexibility index (Phi) is 29.5. The molecule has 81 heavy (non-hydrogen) atoms. The van der Waals surface area contributed by atoms with Gasteiger partial charge in [-0.05, 0) is 135 Å². The van der Waals surface area contributed by atoms with Crippen LogP contribution in [0, 0.1) is 29.6 Å². The van der Waals surface area contributed by atoms with Crippen LogP contribution in [0.5, 0.6) is 5.75 Å². The fourth-order valence-corrected chi connectivity index (χ4v) is 13.1. The molecule has 3 aliphatic heterocycles. The van der Waals surface area contributed by atoms with E-state index in [-0.39, 0.29) is 132 Å². The van der Waals surface area contributed by atoms with Gasteiger partial charge in [0.1, 0.15) is 17.3 Å². The van der Waals surface area contributed by atoms with Crippen molar-refractivity contribution in [3.05, 3.63) is 29.8 Å². The number of nitrogens with one attached hydrogen (secondary N) is 2. The lowest BCUT2D eigenvalue weighted by molar-refractivity contribution is -0.140. The fourth-order valence-electron chi connectivity index (χ4n) is 10.7. The molecule has 1 saturated carbocycles. The van der Waals surface area contributed by atoms with E-state index in [0.717, 1.165) is 43.4 Å². The smallest absolute Gasteiger partial charge is 0.472 e. The number of phenols is 1. The number of carbonyl (C=O) groups is 7. The SMILES string of the molecule is CC(C)CCSC1CC(=O)N(CC2CCC(C(=O)CC(Cc3ccc(O)cc3)C(=O)NC(C)C)CC2)C1=O.CC(C)NCCC(=O)N1CC(OP(=O)(O)OC[C@@H]2C[C@@H](OC(C)C)CN2C(=O)CCCC(=O)C(C)C)C[C@H]1COC(C)C. The molecule has 1 aromatic carbocycles. The largest absolute Gasteiger partial charge is 0.508 e. The summed E-state index contributed by atoms with van der Waals surface area (Å²) in [6, 6.07) is 6.26. The minimum absolute atomic E-state index is 0.0143. The molecule has 460 valence electrons. The van der Waals surface area contributed by atoms with Crippen LogP contribution in [0.15, 0.2) is 24.3 Å². The molecule has 4 unspecified atom stereocenters. The third kappa shape index (κ3) is 24.8. The number of hydrogen-bond acceptors (Lipinski definition) is 15. The van der Waals surface area contributed by atoms with E-state index in [1.807, 2.05) is 69.2 Å². The lowest BCUT2D eigenvalue weighted by atomic mass is 9.77. The minimum Gasteiger partial charge on any atom is -0.508 e. The summed E-state index contributed by atoms with van der Waals surface area (Å²) in [5, 5.41) is 15.5. The molecule has 5 amide bonds. The van der Waals surface area contributed by atoms with Crippen molar-refractivity contribution in [3.8, 4) is 5.75 Å². The summed E-state index contributed by atoms with van der Waals surface area (Å²) in [7, 11) is -4.51. The van der Waals surface area contributed by atoms with Gasteiger partial charge in [0.15, 0.2) is 0 Å². The molecule has 7 atom stereocenters. The van der Waals surface area contributed by atoms with E-state index in [1.54, 1.807) is 45.8 Å². The van der Waals surface area contributed by atoms with Gasteiger partial charge in [0.05, 0.1) is 55.0 Å². The number of phosphoric ester groups is 1. The van der Waals surface area contributed by atoms with E-state index in [2.05, 4.69) is 24.5 Å². The monoisotopic (exact) mass is 1180 g/mol. The van der Waals surface area contributed by atoms with Gasteiger partial charge >= 0.3 is 7.82 Å². The van der Waals surface area contributed by atoms with E-state index in [4.69, 9.17) is 18.5 Å². The van der Waals surface area contributed by atoms with Crippen molar-refractivity contribution in [3.63, 3.8) is 0 Å². The van der Waals surface area contributed by atoms with Crippen LogP contribution in [-0.2, 0) is 63.1 Å². The van der Waals surface area contributed by atoms with Crippen molar-refractivity contribution in [2.45, 2.75) is 227 Å². The van der Waals surface area contributed by atoms with Crippen molar-refractivity contribution in [2.24, 2.45) is 29.6 Å². The first-order chi connectivity index (χ1) is 38.1. The van der Waals surface area contributed by atoms with E-state index < -0.39 is 25.9 Å². The molecule has 19 nitrogen and oxygen atoms in total. The number of likely N-dealkylation sites (tertiary alicyclic amines) is 3. The first-order valence-electron chi connectivity index (χ1n) is 30.0. The lowest BCUT2D eigenvalue weighted by Crippen LogP contribution is -2.40. The normalized spacial score (nSPS) is 23.5. The van der Waals surface area contributed by atoms with Gasteiger partial charge in [-0.2, -0.15) is 0 Å². The Bertz CT molecular complexity index is 2220. The number of hydrogen-bond donors (Lipinski definition) is 4. The molecule has 0 aromatic heterocycles. The average molecular weight is 1180 g/mol. The van der Waals surface area contributed by atoms with E-state index in [1.165, 1.54) is 4.90 Å². The molecule has 4 fully saturated rings. The fraction of sp³-hybridized carbons (Fsp3) is 0.783. The van der Waals surface area contributed by atoms with Crippen LogP contribution in [0.25, 0.3) is 0 Å². The number of ketones is 2. The Morgan fingerprint density at radius 1 is 0.778 bits per heavy atom. The Labute approximate surface area is 487 Å². The molecule has 0 spiro atoms. The highest BCUT2D eigenvalue weighted by Gasteiger charge is 2.43. The molecule has 21 heteroatoms. The van der Waals surface area contributed by atoms with Gasteiger partial charge in [0.25, 0.3) is 0 Å². The van der Waals surface area contributed by atoms with Crippen LogP contribution in [0.4, 0.5) is 0 Å². The summed E-state index contributed by atoms with van der Waals surface area (Å²) < 4.78 is 35.8. The van der Waals surface area contributed by atoms with Gasteiger partial charge in [-0.15, -0.1) is 11.8 Å². The van der Waals surface area contributed by atoms with Gasteiger partial charge in [-0.1, -0.05) is 53.7 Å². The second-order valence-electron chi connectivity index (χ2n) is 24.6. The number of phosphoric acid groups is 1. The van der Waals surface area contributed by atoms with Gasteiger partial charge in [-0.3, -0.25) is 47.5 Å². The quantitative estimate of drug-likeness (QED) is 0.0390. The molecule has 1 aliphatic carbocycles. The number of ether oxygens (including phenoxy) is 2. The highest BCUT2D eigenvalue weighted by molar-refractivity contribution is 8.00. The lowest BCUT2D eigenvalue weighted by Gasteiger charge is -2.30. The van der Waals surface area contributed by atoms with E-state index >= 15 is 0 Å². The van der Waals surface area contributed by atoms with Crippen LogP contribution in [0.1, 0.15) is 172 Å². The molecule has 0 radical (unpaired) electrons. The van der Waals surface area contributed by atoms with Crippen molar-refractivity contribution in [1.82, 2.24) is 25.3 Å². The molecule has 1 aromatic rings. The van der Waals surface area contributed by atoms with Crippen molar-refractivity contribution in [1.29, 1.82) is 0 Å².